The van der Waals surface area contributed by atoms with Crippen LogP contribution in [0.25, 0.3) is 0 Å². The molecule has 1 aromatic rings. The van der Waals surface area contributed by atoms with Crippen molar-refractivity contribution in [1.82, 2.24) is 4.98 Å². The van der Waals surface area contributed by atoms with Crippen LogP contribution in [-0.4, -0.2) is 17.4 Å². The van der Waals surface area contributed by atoms with Gasteiger partial charge in [0.1, 0.15) is 0 Å². The Hall–Kier alpha value is -1.42. The SMILES string of the molecule is NCC1CCC(C(=O)Nc2cccnc2)CC1. The molecule has 0 atom stereocenters. The lowest BCUT2D eigenvalue weighted by Crippen LogP contribution is -2.29. The first-order chi connectivity index (χ1) is 8.29. The van der Waals surface area contributed by atoms with Gasteiger partial charge in [-0.05, 0) is 50.3 Å². The molecule has 1 aliphatic carbocycles. The Morgan fingerprint density at radius 3 is 2.76 bits per heavy atom. The molecule has 0 aromatic carbocycles. The molecule has 0 aliphatic heterocycles. The van der Waals surface area contributed by atoms with Crippen LogP contribution in [0.3, 0.4) is 0 Å². The molecule has 4 heteroatoms. The quantitative estimate of drug-likeness (QED) is 0.836. The summed E-state index contributed by atoms with van der Waals surface area (Å²) in [5.74, 6) is 0.865. The minimum atomic E-state index is 0.119. The number of hydrogen-bond donors (Lipinski definition) is 2. The fourth-order valence-electron chi connectivity index (χ4n) is 2.34. The third kappa shape index (κ3) is 3.27. The molecule has 0 spiro atoms. The molecular formula is C13H19N3O. The van der Waals surface area contributed by atoms with E-state index in [1.165, 1.54) is 0 Å². The second kappa shape index (κ2) is 5.77. The number of nitrogens with zero attached hydrogens (tertiary/aromatic N) is 1. The van der Waals surface area contributed by atoms with Gasteiger partial charge in [0.2, 0.25) is 5.91 Å². The molecule has 1 aliphatic rings. The minimum Gasteiger partial charge on any atom is -0.330 e. The van der Waals surface area contributed by atoms with Gasteiger partial charge < -0.3 is 11.1 Å². The molecule has 1 heterocycles. The predicted octanol–water partition coefficient (Wildman–Crippen LogP) is 1.79. The largest absolute Gasteiger partial charge is 0.330 e. The second-order valence-corrected chi connectivity index (χ2v) is 4.68. The summed E-state index contributed by atoms with van der Waals surface area (Å²) in [6, 6.07) is 3.68. The van der Waals surface area contributed by atoms with Crippen LogP contribution in [0.1, 0.15) is 25.7 Å². The zero-order valence-electron chi connectivity index (χ0n) is 9.93. The lowest BCUT2D eigenvalue weighted by molar-refractivity contribution is -0.121. The highest BCUT2D eigenvalue weighted by atomic mass is 16.1. The normalized spacial score (nSPS) is 24.3. The average Bonchev–Trinajstić information content (AvgIpc) is 2.40. The van der Waals surface area contributed by atoms with Crippen molar-refractivity contribution in [2.24, 2.45) is 17.6 Å². The van der Waals surface area contributed by atoms with Crippen LogP contribution in [0.4, 0.5) is 5.69 Å². The molecule has 0 saturated heterocycles. The van der Waals surface area contributed by atoms with Crippen molar-refractivity contribution < 1.29 is 4.79 Å². The number of aromatic nitrogens is 1. The maximum absolute atomic E-state index is 12.0. The summed E-state index contributed by atoms with van der Waals surface area (Å²) in [4.78, 5) is 16.0. The van der Waals surface area contributed by atoms with Crippen molar-refractivity contribution in [2.45, 2.75) is 25.7 Å². The molecule has 0 unspecified atom stereocenters. The molecule has 0 radical (unpaired) electrons. The van der Waals surface area contributed by atoms with Crippen LogP contribution >= 0.6 is 0 Å². The summed E-state index contributed by atoms with van der Waals surface area (Å²) in [6.07, 6.45) is 7.41. The molecule has 1 saturated carbocycles. The zero-order valence-corrected chi connectivity index (χ0v) is 9.93. The first-order valence-electron chi connectivity index (χ1n) is 6.20. The number of pyridine rings is 1. The van der Waals surface area contributed by atoms with Crippen molar-refractivity contribution in [1.29, 1.82) is 0 Å². The fourth-order valence-corrected chi connectivity index (χ4v) is 2.34. The van der Waals surface area contributed by atoms with E-state index in [4.69, 9.17) is 5.73 Å². The Balaban J connectivity index is 1.85. The summed E-state index contributed by atoms with van der Waals surface area (Å²) in [5.41, 5.74) is 6.42. The molecule has 1 fully saturated rings. The molecule has 17 heavy (non-hydrogen) atoms. The molecule has 92 valence electrons. The van der Waals surface area contributed by atoms with E-state index in [2.05, 4.69) is 10.3 Å². The second-order valence-electron chi connectivity index (χ2n) is 4.68. The van der Waals surface area contributed by atoms with Crippen molar-refractivity contribution in [3.8, 4) is 0 Å². The van der Waals surface area contributed by atoms with Gasteiger partial charge in [-0.15, -0.1) is 0 Å². The van der Waals surface area contributed by atoms with Crippen molar-refractivity contribution in [2.75, 3.05) is 11.9 Å². The van der Waals surface area contributed by atoms with Crippen LogP contribution in [0.2, 0.25) is 0 Å². The number of anilines is 1. The highest BCUT2D eigenvalue weighted by Crippen LogP contribution is 2.28. The number of nitrogens with two attached hydrogens (primary N) is 1. The standard InChI is InChI=1S/C13H19N3O/c14-8-10-3-5-11(6-4-10)13(17)16-12-2-1-7-15-9-12/h1-2,7,9-11H,3-6,8,14H2,(H,16,17). The lowest BCUT2D eigenvalue weighted by atomic mass is 9.81. The van der Waals surface area contributed by atoms with Gasteiger partial charge in [-0.3, -0.25) is 9.78 Å². The highest BCUT2D eigenvalue weighted by Gasteiger charge is 2.25. The number of nitrogens with one attached hydrogen (secondary N) is 1. The third-order valence-corrected chi connectivity index (χ3v) is 3.48. The zero-order chi connectivity index (χ0) is 12.1. The molecular weight excluding hydrogens is 214 g/mol. The maximum atomic E-state index is 12.0. The molecule has 0 bridgehead atoms. The smallest absolute Gasteiger partial charge is 0.227 e. The van der Waals surface area contributed by atoms with Crippen LogP contribution in [0.15, 0.2) is 24.5 Å². The van der Waals surface area contributed by atoms with Crippen LogP contribution in [-0.2, 0) is 4.79 Å². The number of hydrogen-bond acceptors (Lipinski definition) is 3. The van der Waals surface area contributed by atoms with Crippen LogP contribution in [0.5, 0.6) is 0 Å². The Kier molecular flexibility index (Phi) is 4.09. The monoisotopic (exact) mass is 233 g/mol. The Morgan fingerprint density at radius 1 is 1.41 bits per heavy atom. The molecule has 1 aromatic heterocycles. The van der Waals surface area contributed by atoms with Gasteiger partial charge in [0.15, 0.2) is 0 Å². The van der Waals surface area contributed by atoms with Gasteiger partial charge >= 0.3 is 0 Å². The van der Waals surface area contributed by atoms with Gasteiger partial charge in [0, 0.05) is 12.1 Å². The van der Waals surface area contributed by atoms with E-state index in [0.29, 0.717) is 5.92 Å². The fraction of sp³-hybridized carbons (Fsp3) is 0.538. The van der Waals surface area contributed by atoms with E-state index in [1.54, 1.807) is 12.4 Å². The van der Waals surface area contributed by atoms with Crippen molar-refractivity contribution in [3.63, 3.8) is 0 Å². The lowest BCUT2D eigenvalue weighted by Gasteiger charge is -2.26. The number of amides is 1. The van der Waals surface area contributed by atoms with Gasteiger partial charge in [-0.25, -0.2) is 0 Å². The summed E-state index contributed by atoms with van der Waals surface area (Å²) < 4.78 is 0. The van der Waals surface area contributed by atoms with Crippen LogP contribution in [0, 0.1) is 11.8 Å². The summed E-state index contributed by atoms with van der Waals surface area (Å²) in [5, 5.41) is 2.91. The first-order valence-corrected chi connectivity index (χ1v) is 6.20. The van der Waals surface area contributed by atoms with Crippen molar-refractivity contribution in [3.05, 3.63) is 24.5 Å². The number of carbonyl (C=O) groups excluding carboxylic acids is 1. The van der Waals surface area contributed by atoms with Gasteiger partial charge in [-0.2, -0.15) is 0 Å². The molecule has 1 amide bonds. The Morgan fingerprint density at radius 2 is 2.18 bits per heavy atom. The van der Waals surface area contributed by atoms with E-state index in [1.807, 2.05) is 12.1 Å². The molecule has 4 nitrogen and oxygen atoms in total. The Labute approximate surface area is 102 Å². The predicted molar refractivity (Wildman–Crippen MR) is 67.4 cm³/mol. The minimum absolute atomic E-state index is 0.119. The van der Waals surface area contributed by atoms with E-state index >= 15 is 0 Å². The van der Waals surface area contributed by atoms with Crippen molar-refractivity contribution >= 4 is 11.6 Å². The third-order valence-electron chi connectivity index (χ3n) is 3.48. The molecule has 3 N–H and O–H groups in total. The van der Waals surface area contributed by atoms with E-state index in [9.17, 15) is 4.79 Å². The van der Waals surface area contributed by atoms with E-state index in [0.717, 1.165) is 37.9 Å². The summed E-state index contributed by atoms with van der Waals surface area (Å²) in [6.45, 7) is 0.747. The average molecular weight is 233 g/mol. The van der Waals surface area contributed by atoms with Gasteiger partial charge in [-0.1, -0.05) is 0 Å². The topological polar surface area (TPSA) is 68.0 Å². The number of rotatable bonds is 3. The summed E-state index contributed by atoms with van der Waals surface area (Å²) in [7, 11) is 0. The summed E-state index contributed by atoms with van der Waals surface area (Å²) >= 11 is 0. The number of carbonyl (C=O) groups is 1. The molecule has 2 rings (SSSR count). The van der Waals surface area contributed by atoms with E-state index < -0.39 is 0 Å². The Bertz CT molecular complexity index is 358. The van der Waals surface area contributed by atoms with Crippen LogP contribution < -0.4 is 11.1 Å². The first kappa shape index (κ1) is 12.0. The maximum Gasteiger partial charge on any atom is 0.227 e. The van der Waals surface area contributed by atoms with Gasteiger partial charge in [0.05, 0.1) is 11.9 Å². The van der Waals surface area contributed by atoms with Gasteiger partial charge in [0.25, 0.3) is 0 Å². The highest BCUT2D eigenvalue weighted by molar-refractivity contribution is 5.92. The van der Waals surface area contributed by atoms with E-state index in [-0.39, 0.29) is 11.8 Å².